The van der Waals surface area contributed by atoms with E-state index in [0.29, 0.717) is 24.5 Å². The largest absolute Gasteiger partial charge is 0.480 e. The van der Waals surface area contributed by atoms with Gasteiger partial charge in [0, 0.05) is 7.05 Å². The molecule has 6 nitrogen and oxygen atoms in total. The molecule has 0 saturated carbocycles. The van der Waals surface area contributed by atoms with E-state index < -0.39 is 18.0 Å². The summed E-state index contributed by atoms with van der Waals surface area (Å²) in [6, 6.07) is 2.20. The number of thioether (sulfide) groups is 1. The molecule has 0 aliphatic heterocycles. The summed E-state index contributed by atoms with van der Waals surface area (Å²) < 4.78 is 5.13. The minimum atomic E-state index is -1.02. The fraction of sp³-hybridized carbons (Fsp3) is 0.500. The normalized spacial score (nSPS) is 11.9. The maximum absolute atomic E-state index is 11.9. The smallest absolute Gasteiger partial charge is 0.326 e. The first-order valence-electron chi connectivity index (χ1n) is 5.80. The van der Waals surface area contributed by atoms with Gasteiger partial charge < -0.3 is 19.7 Å². The van der Waals surface area contributed by atoms with E-state index in [1.807, 2.05) is 6.26 Å². The number of rotatable bonds is 7. The lowest BCUT2D eigenvalue weighted by atomic mass is 10.2. The SMILES string of the molecule is CSCCC(NC(=O)N(C)Cc1ccco1)C(=O)O. The van der Waals surface area contributed by atoms with Gasteiger partial charge in [-0.1, -0.05) is 0 Å². The number of furan rings is 1. The zero-order chi connectivity index (χ0) is 14.3. The van der Waals surface area contributed by atoms with Crippen LogP contribution in [-0.4, -0.2) is 47.1 Å². The Morgan fingerprint density at radius 3 is 2.84 bits per heavy atom. The van der Waals surface area contributed by atoms with Gasteiger partial charge >= 0.3 is 12.0 Å². The minimum Gasteiger partial charge on any atom is -0.480 e. The van der Waals surface area contributed by atoms with Crippen molar-refractivity contribution in [2.45, 2.75) is 19.0 Å². The number of aliphatic carboxylic acids is 1. The predicted molar refractivity (Wildman–Crippen MR) is 73.1 cm³/mol. The molecule has 2 N–H and O–H groups in total. The van der Waals surface area contributed by atoms with E-state index >= 15 is 0 Å². The number of carbonyl (C=O) groups excluding carboxylic acids is 1. The maximum Gasteiger partial charge on any atom is 0.326 e. The molecule has 106 valence electrons. The van der Waals surface area contributed by atoms with Crippen molar-refractivity contribution in [3.8, 4) is 0 Å². The molecule has 0 spiro atoms. The summed E-state index contributed by atoms with van der Waals surface area (Å²) >= 11 is 1.54. The summed E-state index contributed by atoms with van der Waals surface area (Å²) in [5.74, 6) is 0.307. The number of amides is 2. The molecular weight excluding hydrogens is 268 g/mol. The van der Waals surface area contributed by atoms with Crippen LogP contribution in [0.1, 0.15) is 12.2 Å². The van der Waals surface area contributed by atoms with Gasteiger partial charge in [-0.25, -0.2) is 9.59 Å². The van der Waals surface area contributed by atoms with Crippen LogP contribution in [0.3, 0.4) is 0 Å². The van der Waals surface area contributed by atoms with Crippen molar-refractivity contribution < 1.29 is 19.1 Å². The third-order valence-electron chi connectivity index (χ3n) is 2.53. The van der Waals surface area contributed by atoms with Crippen molar-refractivity contribution in [2.75, 3.05) is 19.1 Å². The first-order chi connectivity index (χ1) is 9.04. The van der Waals surface area contributed by atoms with Gasteiger partial charge in [-0.2, -0.15) is 11.8 Å². The Morgan fingerprint density at radius 2 is 2.32 bits per heavy atom. The van der Waals surface area contributed by atoms with Crippen molar-refractivity contribution in [1.29, 1.82) is 0 Å². The van der Waals surface area contributed by atoms with Gasteiger partial charge in [-0.05, 0) is 30.6 Å². The molecule has 1 unspecified atom stereocenters. The van der Waals surface area contributed by atoms with Gasteiger partial charge in [0.25, 0.3) is 0 Å². The minimum absolute atomic E-state index is 0.299. The Morgan fingerprint density at radius 1 is 1.58 bits per heavy atom. The molecule has 2 amide bonds. The Hall–Kier alpha value is -1.63. The highest BCUT2D eigenvalue weighted by molar-refractivity contribution is 7.98. The number of carboxylic acid groups (broad SMARTS) is 1. The Kier molecular flexibility index (Phi) is 6.27. The highest BCUT2D eigenvalue weighted by atomic mass is 32.2. The molecule has 0 radical (unpaired) electrons. The van der Waals surface area contributed by atoms with Crippen molar-refractivity contribution in [3.05, 3.63) is 24.2 Å². The number of nitrogens with one attached hydrogen (secondary N) is 1. The predicted octanol–water partition coefficient (Wildman–Crippen LogP) is 1.63. The van der Waals surface area contributed by atoms with E-state index in [-0.39, 0.29) is 0 Å². The molecule has 0 saturated heterocycles. The number of carbonyl (C=O) groups is 2. The number of hydrogen-bond donors (Lipinski definition) is 2. The molecule has 1 aromatic heterocycles. The van der Waals surface area contributed by atoms with Gasteiger partial charge in [-0.3, -0.25) is 0 Å². The van der Waals surface area contributed by atoms with Crippen LogP contribution in [0.2, 0.25) is 0 Å². The molecule has 1 rings (SSSR count). The van der Waals surface area contributed by atoms with Gasteiger partial charge in [0.15, 0.2) is 0 Å². The van der Waals surface area contributed by atoms with Crippen LogP contribution in [0.15, 0.2) is 22.8 Å². The Bertz CT molecular complexity index is 408. The zero-order valence-electron chi connectivity index (χ0n) is 11.0. The van der Waals surface area contributed by atoms with E-state index in [4.69, 9.17) is 9.52 Å². The molecule has 1 aromatic rings. The van der Waals surface area contributed by atoms with Crippen molar-refractivity contribution in [1.82, 2.24) is 10.2 Å². The maximum atomic E-state index is 11.9. The zero-order valence-corrected chi connectivity index (χ0v) is 11.8. The van der Waals surface area contributed by atoms with Crippen LogP contribution in [0.25, 0.3) is 0 Å². The average molecular weight is 286 g/mol. The molecule has 0 aromatic carbocycles. The highest BCUT2D eigenvalue weighted by Crippen LogP contribution is 2.05. The molecular formula is C12H18N2O4S. The second-order valence-electron chi connectivity index (χ2n) is 4.06. The molecule has 1 heterocycles. The first-order valence-corrected chi connectivity index (χ1v) is 7.19. The molecule has 0 aliphatic carbocycles. The standard InChI is InChI=1S/C12H18N2O4S/c1-14(8-9-4-3-6-18-9)12(17)13-10(11(15)16)5-7-19-2/h3-4,6,10H,5,7-8H2,1-2H3,(H,13,17)(H,15,16). The third-order valence-corrected chi connectivity index (χ3v) is 3.17. The highest BCUT2D eigenvalue weighted by Gasteiger charge is 2.21. The van der Waals surface area contributed by atoms with E-state index in [2.05, 4.69) is 5.32 Å². The van der Waals surface area contributed by atoms with Crippen LogP contribution in [0.4, 0.5) is 4.79 Å². The summed E-state index contributed by atoms with van der Waals surface area (Å²) in [7, 11) is 1.59. The number of hydrogen-bond acceptors (Lipinski definition) is 4. The van der Waals surface area contributed by atoms with E-state index in [0.717, 1.165) is 0 Å². The fourth-order valence-corrected chi connectivity index (χ4v) is 1.93. The van der Waals surface area contributed by atoms with Crippen LogP contribution in [0.5, 0.6) is 0 Å². The van der Waals surface area contributed by atoms with E-state index in [1.165, 1.54) is 11.2 Å². The summed E-state index contributed by atoms with van der Waals surface area (Å²) in [5, 5.41) is 11.5. The molecule has 1 atom stereocenters. The van der Waals surface area contributed by atoms with Crippen molar-refractivity contribution in [2.24, 2.45) is 0 Å². The van der Waals surface area contributed by atoms with Crippen molar-refractivity contribution >= 4 is 23.8 Å². The first kappa shape index (κ1) is 15.4. The average Bonchev–Trinajstić information content (AvgIpc) is 2.86. The lowest BCUT2D eigenvalue weighted by Crippen LogP contribution is -2.46. The lowest BCUT2D eigenvalue weighted by Gasteiger charge is -2.20. The molecule has 0 bridgehead atoms. The van der Waals surface area contributed by atoms with Gasteiger partial charge in [-0.15, -0.1) is 0 Å². The molecule has 7 heteroatoms. The van der Waals surface area contributed by atoms with Gasteiger partial charge in [0.1, 0.15) is 11.8 Å². The second kappa shape index (κ2) is 7.73. The quantitative estimate of drug-likeness (QED) is 0.796. The summed E-state index contributed by atoms with van der Waals surface area (Å²) in [6.07, 6.45) is 3.82. The van der Waals surface area contributed by atoms with Gasteiger partial charge in [0.05, 0.1) is 12.8 Å². The van der Waals surface area contributed by atoms with E-state index in [1.54, 1.807) is 30.9 Å². The Balaban J connectivity index is 2.48. The number of carboxylic acids is 1. The molecule has 0 fully saturated rings. The summed E-state index contributed by atoms with van der Waals surface area (Å²) in [6.45, 7) is 0.299. The summed E-state index contributed by atoms with van der Waals surface area (Å²) in [5.41, 5.74) is 0. The number of nitrogens with zero attached hydrogens (tertiary/aromatic N) is 1. The van der Waals surface area contributed by atoms with Crippen LogP contribution in [-0.2, 0) is 11.3 Å². The van der Waals surface area contributed by atoms with Crippen LogP contribution < -0.4 is 5.32 Å². The number of urea groups is 1. The van der Waals surface area contributed by atoms with Crippen molar-refractivity contribution in [3.63, 3.8) is 0 Å². The third kappa shape index (κ3) is 5.25. The monoisotopic (exact) mass is 286 g/mol. The van der Waals surface area contributed by atoms with Gasteiger partial charge in [0.2, 0.25) is 0 Å². The van der Waals surface area contributed by atoms with Crippen LogP contribution >= 0.6 is 11.8 Å². The van der Waals surface area contributed by atoms with E-state index in [9.17, 15) is 9.59 Å². The lowest BCUT2D eigenvalue weighted by molar-refractivity contribution is -0.139. The fourth-order valence-electron chi connectivity index (χ4n) is 1.46. The Labute approximate surface area is 116 Å². The molecule has 19 heavy (non-hydrogen) atoms. The molecule has 0 aliphatic rings. The topological polar surface area (TPSA) is 82.8 Å². The van der Waals surface area contributed by atoms with Crippen LogP contribution in [0, 0.1) is 0 Å². The summed E-state index contributed by atoms with van der Waals surface area (Å²) in [4.78, 5) is 24.3. The second-order valence-corrected chi connectivity index (χ2v) is 5.04.